The minimum Gasteiger partial charge on any atom is -0.465 e. The molecule has 0 spiro atoms. The highest BCUT2D eigenvalue weighted by Gasteiger charge is 2.15. The fraction of sp³-hybridized carbons (Fsp3) is 0.267. The molecule has 0 aliphatic heterocycles. The van der Waals surface area contributed by atoms with E-state index in [9.17, 15) is 9.18 Å². The second-order valence-electron chi connectivity index (χ2n) is 4.61. The summed E-state index contributed by atoms with van der Waals surface area (Å²) in [5.74, 6) is 0.301. The van der Waals surface area contributed by atoms with Crippen molar-refractivity contribution in [3.05, 3.63) is 51.1 Å². The molecule has 1 aromatic heterocycles. The number of carbonyl (C=O) groups is 1. The predicted octanol–water partition coefficient (Wildman–Crippen LogP) is 4.20. The van der Waals surface area contributed by atoms with Gasteiger partial charge in [-0.1, -0.05) is 0 Å². The number of benzene rings is 1. The molecule has 0 atom stereocenters. The molecule has 0 bridgehead atoms. The maximum Gasteiger partial charge on any atom is 0.341 e. The molecular weight excluding hydrogens is 341 g/mol. The van der Waals surface area contributed by atoms with Gasteiger partial charge in [-0.05, 0) is 53.5 Å². The number of aryl methyl sites for hydroxylation is 2. The standard InChI is InChI=1S/C15H15BrFNO3/c1-8-4-12(16)13(17)6-14(8)18-7-10-5-11(9(2)21-10)15(19)20-3/h4-6,18H,7H2,1-3H3. The molecule has 0 fully saturated rings. The Labute approximate surface area is 130 Å². The Kier molecular flexibility index (Phi) is 4.67. The lowest BCUT2D eigenvalue weighted by Crippen LogP contribution is -2.02. The summed E-state index contributed by atoms with van der Waals surface area (Å²) in [6.45, 7) is 3.92. The molecule has 2 aromatic rings. The Morgan fingerprint density at radius 1 is 1.38 bits per heavy atom. The molecule has 21 heavy (non-hydrogen) atoms. The number of carbonyl (C=O) groups excluding carboxylic acids is 1. The van der Waals surface area contributed by atoms with E-state index in [1.165, 1.54) is 13.2 Å². The fourth-order valence-corrected chi connectivity index (χ4v) is 2.42. The molecule has 4 nitrogen and oxygen atoms in total. The van der Waals surface area contributed by atoms with Gasteiger partial charge < -0.3 is 14.5 Å². The molecule has 0 amide bonds. The monoisotopic (exact) mass is 355 g/mol. The highest BCUT2D eigenvalue weighted by atomic mass is 79.9. The van der Waals surface area contributed by atoms with Gasteiger partial charge in [-0.25, -0.2) is 9.18 Å². The second-order valence-corrected chi connectivity index (χ2v) is 5.46. The van der Waals surface area contributed by atoms with E-state index in [4.69, 9.17) is 4.42 Å². The molecule has 6 heteroatoms. The number of esters is 1. The predicted molar refractivity (Wildman–Crippen MR) is 80.9 cm³/mol. The van der Waals surface area contributed by atoms with Crippen LogP contribution in [0.25, 0.3) is 0 Å². The van der Waals surface area contributed by atoms with Crippen molar-refractivity contribution < 1.29 is 18.3 Å². The lowest BCUT2D eigenvalue weighted by Gasteiger charge is -2.09. The van der Waals surface area contributed by atoms with Crippen LogP contribution in [0, 0.1) is 19.7 Å². The van der Waals surface area contributed by atoms with Crippen molar-refractivity contribution >= 4 is 27.6 Å². The zero-order valence-electron chi connectivity index (χ0n) is 11.9. The van der Waals surface area contributed by atoms with Crippen LogP contribution in [0.15, 0.2) is 27.1 Å². The molecule has 2 rings (SSSR count). The number of furan rings is 1. The first-order chi connectivity index (χ1) is 9.92. The summed E-state index contributed by atoms with van der Waals surface area (Å²) >= 11 is 3.14. The normalized spacial score (nSPS) is 10.5. The van der Waals surface area contributed by atoms with Crippen LogP contribution in [0.4, 0.5) is 10.1 Å². The Bertz CT molecular complexity index is 682. The van der Waals surface area contributed by atoms with Gasteiger partial charge >= 0.3 is 5.97 Å². The summed E-state index contributed by atoms with van der Waals surface area (Å²) < 4.78 is 24.1. The van der Waals surface area contributed by atoms with Gasteiger partial charge in [0.25, 0.3) is 0 Å². The molecule has 0 radical (unpaired) electrons. The summed E-state index contributed by atoms with van der Waals surface area (Å²) in [5, 5.41) is 3.09. The van der Waals surface area contributed by atoms with Gasteiger partial charge in [0.05, 0.1) is 18.1 Å². The van der Waals surface area contributed by atoms with E-state index in [-0.39, 0.29) is 5.82 Å². The Morgan fingerprint density at radius 3 is 2.76 bits per heavy atom. The Morgan fingerprint density at radius 2 is 2.10 bits per heavy atom. The maximum absolute atomic E-state index is 13.5. The third kappa shape index (κ3) is 3.44. The molecule has 1 N–H and O–H groups in total. The number of ether oxygens (including phenoxy) is 1. The number of halogens is 2. The number of hydrogen-bond acceptors (Lipinski definition) is 4. The minimum atomic E-state index is -0.437. The van der Waals surface area contributed by atoms with E-state index in [0.717, 1.165) is 5.56 Å². The SMILES string of the molecule is COC(=O)c1cc(CNc2cc(F)c(Br)cc2C)oc1C. The first-order valence-corrected chi connectivity index (χ1v) is 7.08. The number of methoxy groups -OCH3 is 1. The third-order valence-electron chi connectivity index (χ3n) is 3.09. The van der Waals surface area contributed by atoms with Crippen molar-refractivity contribution in [1.29, 1.82) is 0 Å². The highest BCUT2D eigenvalue weighted by Crippen LogP contribution is 2.25. The molecule has 1 heterocycles. The summed E-state index contributed by atoms with van der Waals surface area (Å²) in [7, 11) is 1.32. The lowest BCUT2D eigenvalue weighted by molar-refractivity contribution is 0.0599. The van der Waals surface area contributed by atoms with Gasteiger partial charge in [0.1, 0.15) is 22.9 Å². The van der Waals surface area contributed by atoms with Crippen LogP contribution in [0.3, 0.4) is 0 Å². The van der Waals surface area contributed by atoms with Gasteiger partial charge in [0, 0.05) is 5.69 Å². The van der Waals surface area contributed by atoms with Crippen molar-refractivity contribution in [3.8, 4) is 0 Å². The van der Waals surface area contributed by atoms with Crippen LogP contribution in [0.1, 0.15) is 27.4 Å². The average molecular weight is 356 g/mol. The zero-order chi connectivity index (χ0) is 15.6. The van der Waals surface area contributed by atoms with Crippen LogP contribution >= 0.6 is 15.9 Å². The van der Waals surface area contributed by atoms with Gasteiger partial charge in [-0.2, -0.15) is 0 Å². The molecular formula is C15H15BrFNO3. The number of nitrogens with one attached hydrogen (secondary N) is 1. The second kappa shape index (κ2) is 6.30. The molecule has 112 valence electrons. The van der Waals surface area contributed by atoms with Crippen molar-refractivity contribution in [3.63, 3.8) is 0 Å². The zero-order valence-corrected chi connectivity index (χ0v) is 13.5. The molecule has 1 aromatic carbocycles. The quantitative estimate of drug-likeness (QED) is 0.835. The van der Waals surface area contributed by atoms with E-state index in [0.29, 0.717) is 33.8 Å². The average Bonchev–Trinajstić information content (AvgIpc) is 2.81. The summed E-state index contributed by atoms with van der Waals surface area (Å²) in [6, 6.07) is 4.74. The first-order valence-electron chi connectivity index (χ1n) is 6.29. The van der Waals surface area contributed by atoms with E-state index in [1.807, 2.05) is 6.92 Å². The lowest BCUT2D eigenvalue weighted by atomic mass is 10.2. The van der Waals surface area contributed by atoms with Gasteiger partial charge in [-0.15, -0.1) is 0 Å². The smallest absolute Gasteiger partial charge is 0.341 e. The Balaban J connectivity index is 2.14. The van der Waals surface area contributed by atoms with Crippen LogP contribution < -0.4 is 5.32 Å². The van der Waals surface area contributed by atoms with E-state index >= 15 is 0 Å². The van der Waals surface area contributed by atoms with Gasteiger partial charge in [-0.3, -0.25) is 0 Å². The van der Waals surface area contributed by atoms with Crippen LogP contribution in [-0.2, 0) is 11.3 Å². The fourth-order valence-electron chi connectivity index (χ4n) is 1.96. The third-order valence-corrected chi connectivity index (χ3v) is 3.70. The summed E-state index contributed by atoms with van der Waals surface area (Å²) in [5.41, 5.74) is 1.97. The molecule has 0 saturated carbocycles. The Hall–Kier alpha value is -1.82. The summed E-state index contributed by atoms with van der Waals surface area (Å²) in [4.78, 5) is 11.5. The molecule has 0 aliphatic carbocycles. The minimum absolute atomic E-state index is 0.339. The molecule has 0 aliphatic rings. The number of anilines is 1. The largest absolute Gasteiger partial charge is 0.465 e. The molecule has 0 saturated heterocycles. The topological polar surface area (TPSA) is 51.5 Å². The van der Waals surface area contributed by atoms with Crippen molar-refractivity contribution in [2.45, 2.75) is 20.4 Å². The van der Waals surface area contributed by atoms with E-state index in [1.54, 1.807) is 19.1 Å². The van der Waals surface area contributed by atoms with Crippen LogP contribution in [-0.4, -0.2) is 13.1 Å². The van der Waals surface area contributed by atoms with Crippen LogP contribution in [0.5, 0.6) is 0 Å². The van der Waals surface area contributed by atoms with Crippen molar-refractivity contribution in [2.24, 2.45) is 0 Å². The number of hydrogen-bond donors (Lipinski definition) is 1. The van der Waals surface area contributed by atoms with Crippen molar-refractivity contribution in [2.75, 3.05) is 12.4 Å². The summed E-state index contributed by atoms with van der Waals surface area (Å²) in [6.07, 6.45) is 0. The highest BCUT2D eigenvalue weighted by molar-refractivity contribution is 9.10. The van der Waals surface area contributed by atoms with Gasteiger partial charge in [0.2, 0.25) is 0 Å². The first kappa shape index (κ1) is 15.6. The van der Waals surface area contributed by atoms with Crippen molar-refractivity contribution in [1.82, 2.24) is 0 Å². The van der Waals surface area contributed by atoms with E-state index < -0.39 is 5.97 Å². The van der Waals surface area contributed by atoms with E-state index in [2.05, 4.69) is 26.0 Å². The molecule has 0 unspecified atom stereocenters. The number of rotatable bonds is 4. The maximum atomic E-state index is 13.5. The van der Waals surface area contributed by atoms with Crippen LogP contribution in [0.2, 0.25) is 0 Å². The van der Waals surface area contributed by atoms with Gasteiger partial charge in [0.15, 0.2) is 0 Å².